The summed E-state index contributed by atoms with van der Waals surface area (Å²) >= 11 is 2.79. The molecule has 0 aliphatic heterocycles. The van der Waals surface area contributed by atoms with Crippen LogP contribution < -0.4 is 15.4 Å². The van der Waals surface area contributed by atoms with Gasteiger partial charge < -0.3 is 15.4 Å². The lowest BCUT2D eigenvalue weighted by Gasteiger charge is -2.12. The highest BCUT2D eigenvalue weighted by Gasteiger charge is 2.18. The van der Waals surface area contributed by atoms with E-state index in [2.05, 4.69) is 20.8 Å². The molecular weight excluding hydrogens is 428 g/mol. The second-order valence-electron chi connectivity index (χ2n) is 6.70. The maximum Gasteiger partial charge on any atom is 0.237 e. The van der Waals surface area contributed by atoms with Crippen molar-refractivity contribution in [1.82, 2.24) is 10.2 Å². The second kappa shape index (κ2) is 9.80. The molecule has 4 rings (SSSR count). The molecule has 6 nitrogen and oxygen atoms in total. The number of carbonyl (C=O) groups is 1. The Kier molecular flexibility index (Phi) is 6.69. The van der Waals surface area contributed by atoms with Gasteiger partial charge in [0, 0.05) is 11.1 Å². The third-order valence-corrected chi connectivity index (χ3v) is 6.55. The van der Waals surface area contributed by atoms with Gasteiger partial charge in [0.15, 0.2) is 4.34 Å². The summed E-state index contributed by atoms with van der Waals surface area (Å²) in [5.74, 6) is 0.685. The fourth-order valence-corrected chi connectivity index (χ4v) is 4.96. The molecule has 1 atom stereocenters. The van der Waals surface area contributed by atoms with Gasteiger partial charge in [0.1, 0.15) is 5.75 Å². The average molecular weight is 451 g/mol. The summed E-state index contributed by atoms with van der Waals surface area (Å²) < 4.78 is 6.35. The maximum absolute atomic E-state index is 12.8. The van der Waals surface area contributed by atoms with Gasteiger partial charge in [-0.2, -0.15) is 0 Å². The lowest BCUT2D eigenvalue weighted by molar-refractivity contribution is -0.115. The van der Waals surface area contributed by atoms with Crippen LogP contribution in [-0.2, 0) is 4.79 Å². The molecule has 1 unspecified atom stereocenters. The van der Waals surface area contributed by atoms with Gasteiger partial charge >= 0.3 is 0 Å². The molecule has 8 heteroatoms. The second-order valence-corrected chi connectivity index (χ2v) is 9.27. The van der Waals surface area contributed by atoms with Crippen LogP contribution in [0.15, 0.2) is 71.1 Å². The first-order valence-electron chi connectivity index (χ1n) is 9.91. The summed E-state index contributed by atoms with van der Waals surface area (Å²) in [7, 11) is 0. The lowest BCUT2D eigenvalue weighted by atomic mass is 10.1. The van der Waals surface area contributed by atoms with Crippen molar-refractivity contribution in [2.45, 2.75) is 23.4 Å². The van der Waals surface area contributed by atoms with Gasteiger partial charge in [0.25, 0.3) is 0 Å². The number of nitrogens with zero attached hydrogens (tertiary/aromatic N) is 2. The number of carbonyl (C=O) groups excluding carboxylic acids is 1. The third-order valence-electron chi connectivity index (χ3n) is 4.53. The van der Waals surface area contributed by atoms with Crippen LogP contribution >= 0.6 is 23.1 Å². The first-order valence-corrected chi connectivity index (χ1v) is 11.6. The van der Waals surface area contributed by atoms with Crippen LogP contribution in [0.5, 0.6) is 5.75 Å². The van der Waals surface area contributed by atoms with E-state index in [1.165, 1.54) is 23.1 Å². The Morgan fingerprint density at radius 2 is 1.77 bits per heavy atom. The van der Waals surface area contributed by atoms with E-state index >= 15 is 0 Å². The van der Waals surface area contributed by atoms with Crippen LogP contribution in [0.2, 0.25) is 0 Å². The summed E-state index contributed by atoms with van der Waals surface area (Å²) in [5.41, 5.74) is 1.64. The lowest BCUT2D eigenvalue weighted by Crippen LogP contribution is -2.22. The number of fused-ring (bicyclic) bond motifs is 1. The molecule has 0 spiro atoms. The molecule has 0 aliphatic rings. The Labute approximate surface area is 189 Å². The molecule has 0 saturated carbocycles. The molecule has 0 saturated heterocycles. The molecule has 4 aromatic rings. The number of aromatic nitrogens is 2. The summed E-state index contributed by atoms with van der Waals surface area (Å²) in [6.07, 6.45) is 0. The Morgan fingerprint density at radius 1 is 1.03 bits per heavy atom. The molecule has 0 radical (unpaired) electrons. The highest BCUT2D eigenvalue weighted by atomic mass is 32.2. The van der Waals surface area contributed by atoms with Crippen LogP contribution in [0.3, 0.4) is 0 Å². The molecule has 3 aromatic carbocycles. The molecule has 0 aliphatic carbocycles. The van der Waals surface area contributed by atoms with Gasteiger partial charge in [-0.3, -0.25) is 4.79 Å². The highest BCUT2D eigenvalue weighted by molar-refractivity contribution is 8.02. The standard InChI is InChI=1S/C23H22N4O2S2/c1-3-29-20-14-7-6-12-19(20)25-22-26-27-23(31-22)30-15(2)21(28)24-18-13-8-10-16-9-4-5-11-17(16)18/h4-15H,3H2,1-2H3,(H,24,28)(H,25,26). The number of benzene rings is 3. The highest BCUT2D eigenvalue weighted by Crippen LogP contribution is 2.33. The SMILES string of the molecule is CCOc1ccccc1Nc1nnc(SC(C)C(=O)Nc2cccc3ccccc23)s1. The van der Waals surface area contributed by atoms with Crippen LogP contribution in [-0.4, -0.2) is 28.0 Å². The number of rotatable bonds is 8. The minimum atomic E-state index is -0.324. The fraction of sp³-hybridized carbons (Fsp3) is 0.174. The Balaban J connectivity index is 1.41. The van der Waals surface area contributed by atoms with Crippen LogP contribution in [0.25, 0.3) is 10.8 Å². The quantitative estimate of drug-likeness (QED) is 0.323. The Hall–Kier alpha value is -3.10. The number of anilines is 3. The Morgan fingerprint density at radius 3 is 2.65 bits per heavy atom. The minimum absolute atomic E-state index is 0.0762. The van der Waals surface area contributed by atoms with Crippen molar-refractivity contribution in [1.29, 1.82) is 0 Å². The fourth-order valence-electron chi connectivity index (χ4n) is 3.05. The average Bonchev–Trinajstić information content (AvgIpc) is 3.22. The molecule has 158 valence electrons. The predicted octanol–water partition coefficient (Wildman–Crippen LogP) is 5.95. The first-order chi connectivity index (χ1) is 15.1. The molecule has 31 heavy (non-hydrogen) atoms. The molecule has 0 fully saturated rings. The zero-order valence-electron chi connectivity index (χ0n) is 17.2. The number of para-hydroxylation sites is 2. The largest absolute Gasteiger partial charge is 0.492 e. The van der Waals surface area contributed by atoms with Gasteiger partial charge in [-0.1, -0.05) is 71.6 Å². The number of hydrogen-bond donors (Lipinski definition) is 2. The van der Waals surface area contributed by atoms with E-state index in [1.54, 1.807) is 0 Å². The summed E-state index contributed by atoms with van der Waals surface area (Å²) in [4.78, 5) is 12.8. The van der Waals surface area contributed by atoms with Gasteiger partial charge in [-0.05, 0) is 37.4 Å². The van der Waals surface area contributed by atoms with Gasteiger partial charge in [-0.25, -0.2) is 0 Å². The van der Waals surface area contributed by atoms with E-state index in [9.17, 15) is 4.79 Å². The number of amides is 1. The predicted molar refractivity (Wildman–Crippen MR) is 129 cm³/mol. The van der Waals surface area contributed by atoms with Gasteiger partial charge in [-0.15, -0.1) is 10.2 Å². The zero-order valence-corrected chi connectivity index (χ0v) is 18.8. The van der Waals surface area contributed by atoms with Crippen molar-refractivity contribution >= 4 is 56.3 Å². The molecule has 1 aromatic heterocycles. The van der Waals surface area contributed by atoms with E-state index in [4.69, 9.17) is 4.74 Å². The van der Waals surface area contributed by atoms with Crippen LogP contribution in [0, 0.1) is 0 Å². The summed E-state index contributed by atoms with van der Waals surface area (Å²) in [5, 5.41) is 17.1. The topological polar surface area (TPSA) is 76.1 Å². The van der Waals surface area contributed by atoms with E-state index in [1.807, 2.05) is 80.6 Å². The first kappa shape index (κ1) is 21.1. The molecule has 1 amide bonds. The molecule has 0 bridgehead atoms. The van der Waals surface area contributed by atoms with E-state index < -0.39 is 0 Å². The minimum Gasteiger partial charge on any atom is -0.492 e. The van der Waals surface area contributed by atoms with Crippen molar-refractivity contribution in [2.75, 3.05) is 17.2 Å². The van der Waals surface area contributed by atoms with Crippen molar-refractivity contribution in [2.24, 2.45) is 0 Å². The van der Waals surface area contributed by atoms with E-state index in [0.717, 1.165) is 32.2 Å². The monoisotopic (exact) mass is 450 g/mol. The van der Waals surface area contributed by atoms with Gasteiger partial charge in [0.2, 0.25) is 11.0 Å². The smallest absolute Gasteiger partial charge is 0.237 e. The number of nitrogens with one attached hydrogen (secondary N) is 2. The summed E-state index contributed by atoms with van der Waals surface area (Å²) in [6.45, 7) is 4.39. The van der Waals surface area contributed by atoms with Crippen LogP contribution in [0.1, 0.15) is 13.8 Å². The number of ether oxygens (including phenoxy) is 1. The van der Waals surface area contributed by atoms with Crippen molar-refractivity contribution < 1.29 is 9.53 Å². The maximum atomic E-state index is 12.8. The Bertz CT molecular complexity index is 1190. The molecule has 1 heterocycles. The molecule has 2 N–H and O–H groups in total. The van der Waals surface area contributed by atoms with Crippen molar-refractivity contribution in [3.05, 3.63) is 66.7 Å². The van der Waals surface area contributed by atoms with Gasteiger partial charge in [0.05, 0.1) is 17.5 Å². The summed E-state index contributed by atoms with van der Waals surface area (Å²) in [6, 6.07) is 21.6. The van der Waals surface area contributed by atoms with Crippen molar-refractivity contribution in [3.63, 3.8) is 0 Å². The zero-order chi connectivity index (χ0) is 21.6. The third kappa shape index (κ3) is 5.15. The van der Waals surface area contributed by atoms with Crippen LogP contribution in [0.4, 0.5) is 16.5 Å². The van der Waals surface area contributed by atoms with E-state index in [0.29, 0.717) is 11.7 Å². The number of hydrogen-bond acceptors (Lipinski definition) is 7. The van der Waals surface area contributed by atoms with E-state index in [-0.39, 0.29) is 11.2 Å². The number of thioether (sulfide) groups is 1. The normalized spacial score (nSPS) is 11.8. The molecular formula is C23H22N4O2S2. The van der Waals surface area contributed by atoms with Crippen molar-refractivity contribution in [3.8, 4) is 5.75 Å².